The van der Waals surface area contributed by atoms with Crippen molar-refractivity contribution in [1.82, 2.24) is 0 Å². The Hall–Kier alpha value is -0.940. The van der Waals surface area contributed by atoms with E-state index < -0.39 is 5.97 Å². The van der Waals surface area contributed by atoms with Gasteiger partial charge in [-0.15, -0.1) is 0 Å². The van der Waals surface area contributed by atoms with Crippen molar-refractivity contribution in [2.45, 2.75) is 32.6 Å². The standard InChI is InChI=1S/C9H16O4.H2O/c1-7(11)5-8(3-2-4-10)6-9(12)13;/h8,10H,2-6H2,1H3,(H,12,13);1H2. The number of rotatable bonds is 7. The Morgan fingerprint density at radius 2 is 1.86 bits per heavy atom. The van der Waals surface area contributed by atoms with Crippen LogP contribution in [0.2, 0.25) is 0 Å². The molecule has 84 valence electrons. The minimum atomic E-state index is -0.885. The lowest BCUT2D eigenvalue weighted by Gasteiger charge is -2.11. The molecule has 0 aliphatic heterocycles. The van der Waals surface area contributed by atoms with Crippen molar-refractivity contribution < 1.29 is 25.3 Å². The number of carboxylic acid groups (broad SMARTS) is 1. The Kier molecular flexibility index (Phi) is 9.59. The molecule has 0 rings (SSSR count). The zero-order valence-corrected chi connectivity index (χ0v) is 8.32. The van der Waals surface area contributed by atoms with Crippen molar-refractivity contribution in [3.63, 3.8) is 0 Å². The molecule has 1 atom stereocenters. The molecular weight excluding hydrogens is 188 g/mol. The highest BCUT2D eigenvalue weighted by Gasteiger charge is 2.14. The average Bonchev–Trinajstić information content (AvgIpc) is 1.98. The second kappa shape index (κ2) is 8.65. The van der Waals surface area contributed by atoms with Crippen LogP contribution in [0, 0.1) is 5.92 Å². The molecule has 0 aromatic carbocycles. The second-order valence-corrected chi connectivity index (χ2v) is 3.24. The van der Waals surface area contributed by atoms with Crippen LogP contribution in [0.25, 0.3) is 0 Å². The molecule has 0 heterocycles. The number of carboxylic acids is 1. The summed E-state index contributed by atoms with van der Waals surface area (Å²) in [4.78, 5) is 21.1. The highest BCUT2D eigenvalue weighted by molar-refractivity contribution is 5.76. The van der Waals surface area contributed by atoms with Crippen LogP contribution < -0.4 is 0 Å². The van der Waals surface area contributed by atoms with Crippen LogP contribution in [-0.2, 0) is 9.59 Å². The van der Waals surface area contributed by atoms with E-state index in [2.05, 4.69) is 0 Å². The average molecular weight is 206 g/mol. The molecule has 0 aliphatic carbocycles. The van der Waals surface area contributed by atoms with Crippen LogP contribution >= 0.6 is 0 Å². The topological polar surface area (TPSA) is 106 Å². The summed E-state index contributed by atoms with van der Waals surface area (Å²) in [7, 11) is 0. The molecule has 14 heavy (non-hydrogen) atoms. The van der Waals surface area contributed by atoms with Crippen molar-refractivity contribution in [3.8, 4) is 0 Å². The largest absolute Gasteiger partial charge is 0.481 e. The van der Waals surface area contributed by atoms with Crippen molar-refractivity contribution in [1.29, 1.82) is 0 Å². The summed E-state index contributed by atoms with van der Waals surface area (Å²) in [5, 5.41) is 17.1. The fourth-order valence-corrected chi connectivity index (χ4v) is 1.31. The van der Waals surface area contributed by atoms with Crippen LogP contribution in [0.1, 0.15) is 32.6 Å². The first-order valence-corrected chi connectivity index (χ1v) is 4.38. The van der Waals surface area contributed by atoms with Crippen LogP contribution in [0.3, 0.4) is 0 Å². The van der Waals surface area contributed by atoms with E-state index >= 15 is 0 Å². The third-order valence-corrected chi connectivity index (χ3v) is 1.81. The number of carbonyl (C=O) groups is 2. The number of aliphatic hydroxyl groups excluding tert-OH is 1. The molecule has 0 aromatic rings. The SMILES string of the molecule is CC(=O)CC(CCCO)CC(=O)O.O. The van der Waals surface area contributed by atoms with E-state index in [0.717, 1.165) is 0 Å². The van der Waals surface area contributed by atoms with Crippen LogP contribution in [0.4, 0.5) is 0 Å². The number of Topliss-reactive ketones (excluding diaryl/α,β-unsaturated/α-hetero) is 1. The van der Waals surface area contributed by atoms with Gasteiger partial charge in [0, 0.05) is 19.4 Å². The van der Waals surface area contributed by atoms with Gasteiger partial charge in [-0.2, -0.15) is 0 Å². The van der Waals surface area contributed by atoms with Crippen LogP contribution in [0.15, 0.2) is 0 Å². The molecule has 5 heteroatoms. The van der Waals surface area contributed by atoms with Gasteiger partial charge in [0.1, 0.15) is 5.78 Å². The van der Waals surface area contributed by atoms with Gasteiger partial charge >= 0.3 is 5.97 Å². The third-order valence-electron chi connectivity index (χ3n) is 1.81. The molecule has 0 radical (unpaired) electrons. The Labute approximate surface area is 83.1 Å². The van der Waals surface area contributed by atoms with E-state index in [1.807, 2.05) is 0 Å². The zero-order valence-electron chi connectivity index (χ0n) is 8.32. The summed E-state index contributed by atoms with van der Waals surface area (Å²) in [5.74, 6) is -1.00. The minimum Gasteiger partial charge on any atom is -0.481 e. The van der Waals surface area contributed by atoms with Gasteiger partial charge in [-0.3, -0.25) is 4.79 Å². The van der Waals surface area contributed by atoms with E-state index in [9.17, 15) is 9.59 Å². The Morgan fingerprint density at radius 1 is 1.29 bits per heavy atom. The van der Waals surface area contributed by atoms with Gasteiger partial charge in [0.2, 0.25) is 0 Å². The maximum absolute atomic E-state index is 10.7. The summed E-state index contributed by atoms with van der Waals surface area (Å²) in [6.07, 6.45) is 1.47. The predicted molar refractivity (Wildman–Crippen MR) is 51.0 cm³/mol. The number of aliphatic hydroxyl groups is 1. The molecule has 0 fully saturated rings. The van der Waals surface area contributed by atoms with E-state index in [4.69, 9.17) is 10.2 Å². The first-order valence-electron chi connectivity index (χ1n) is 4.38. The Bertz CT molecular complexity index is 162. The molecule has 0 aliphatic rings. The fraction of sp³-hybridized carbons (Fsp3) is 0.778. The van der Waals surface area contributed by atoms with Crippen molar-refractivity contribution in [2.75, 3.05) is 6.61 Å². The van der Waals surface area contributed by atoms with Gasteiger partial charge in [-0.1, -0.05) is 0 Å². The third kappa shape index (κ3) is 9.15. The number of hydrogen-bond donors (Lipinski definition) is 2. The smallest absolute Gasteiger partial charge is 0.303 e. The summed E-state index contributed by atoms with van der Waals surface area (Å²) in [6, 6.07) is 0. The molecule has 0 bridgehead atoms. The number of hydrogen-bond acceptors (Lipinski definition) is 3. The number of carbonyl (C=O) groups excluding carboxylic acids is 1. The first kappa shape index (κ1) is 15.5. The maximum Gasteiger partial charge on any atom is 0.303 e. The van der Waals surface area contributed by atoms with Gasteiger partial charge in [0.15, 0.2) is 0 Å². The van der Waals surface area contributed by atoms with Gasteiger partial charge in [0.25, 0.3) is 0 Å². The van der Waals surface area contributed by atoms with Crippen LogP contribution in [0.5, 0.6) is 0 Å². The number of aliphatic carboxylic acids is 1. The van der Waals surface area contributed by atoms with E-state index in [1.54, 1.807) is 0 Å². The van der Waals surface area contributed by atoms with E-state index in [0.29, 0.717) is 19.3 Å². The highest BCUT2D eigenvalue weighted by atomic mass is 16.4. The summed E-state index contributed by atoms with van der Waals surface area (Å²) < 4.78 is 0. The lowest BCUT2D eigenvalue weighted by atomic mass is 9.94. The predicted octanol–water partition coefficient (Wildman–Crippen LogP) is 0.00420. The van der Waals surface area contributed by atoms with Crippen molar-refractivity contribution in [3.05, 3.63) is 0 Å². The summed E-state index contributed by atoms with van der Waals surface area (Å²) in [6.45, 7) is 1.50. The zero-order chi connectivity index (χ0) is 10.3. The summed E-state index contributed by atoms with van der Waals surface area (Å²) in [5.41, 5.74) is 0. The summed E-state index contributed by atoms with van der Waals surface area (Å²) >= 11 is 0. The lowest BCUT2D eigenvalue weighted by Crippen LogP contribution is -2.12. The Balaban J connectivity index is 0. The highest BCUT2D eigenvalue weighted by Crippen LogP contribution is 2.15. The quantitative estimate of drug-likeness (QED) is 0.611. The van der Waals surface area contributed by atoms with Gasteiger partial charge < -0.3 is 20.5 Å². The van der Waals surface area contributed by atoms with Crippen LogP contribution in [-0.4, -0.2) is 34.0 Å². The Morgan fingerprint density at radius 3 is 2.21 bits per heavy atom. The maximum atomic E-state index is 10.7. The molecule has 0 aromatic heterocycles. The lowest BCUT2D eigenvalue weighted by molar-refractivity contribution is -0.138. The monoisotopic (exact) mass is 206 g/mol. The molecule has 5 nitrogen and oxygen atoms in total. The molecule has 0 amide bonds. The van der Waals surface area contributed by atoms with E-state index in [1.165, 1.54) is 6.92 Å². The molecule has 0 spiro atoms. The first-order chi connectivity index (χ1) is 6.06. The van der Waals surface area contributed by atoms with Crippen molar-refractivity contribution >= 4 is 11.8 Å². The number of ketones is 1. The van der Waals surface area contributed by atoms with Gasteiger partial charge in [-0.05, 0) is 25.7 Å². The fourth-order valence-electron chi connectivity index (χ4n) is 1.31. The minimum absolute atomic E-state index is 0. The molecule has 0 saturated carbocycles. The van der Waals surface area contributed by atoms with Gasteiger partial charge in [0.05, 0.1) is 0 Å². The molecule has 1 unspecified atom stereocenters. The van der Waals surface area contributed by atoms with Gasteiger partial charge in [-0.25, -0.2) is 0 Å². The molecular formula is C9H18O5. The normalized spacial score (nSPS) is 11.6. The van der Waals surface area contributed by atoms with E-state index in [-0.39, 0.29) is 30.2 Å². The second-order valence-electron chi connectivity index (χ2n) is 3.24. The molecule has 4 N–H and O–H groups in total. The molecule has 0 saturated heterocycles. The van der Waals surface area contributed by atoms with Crippen molar-refractivity contribution in [2.24, 2.45) is 5.92 Å².